The van der Waals surface area contributed by atoms with E-state index in [2.05, 4.69) is 53.6 Å². The van der Waals surface area contributed by atoms with Crippen molar-refractivity contribution in [3.63, 3.8) is 0 Å². The Morgan fingerprint density at radius 3 is 2.70 bits per heavy atom. The van der Waals surface area contributed by atoms with Gasteiger partial charge >= 0.3 is 6.03 Å². The molecule has 0 saturated carbocycles. The molecule has 0 spiro atoms. The van der Waals surface area contributed by atoms with Crippen LogP contribution in [-0.4, -0.2) is 61.1 Å². The molecule has 1 unspecified atom stereocenters. The molecule has 0 aliphatic carbocycles. The zero-order valence-corrected chi connectivity index (χ0v) is 19.7. The van der Waals surface area contributed by atoms with E-state index in [-0.39, 0.29) is 12.1 Å². The molecular weight excluding hydrogens is 414 g/mol. The molecule has 7 nitrogen and oxygen atoms in total. The van der Waals surface area contributed by atoms with E-state index in [1.165, 1.54) is 11.1 Å². The van der Waals surface area contributed by atoms with Crippen LogP contribution in [0.1, 0.15) is 42.6 Å². The Balaban J connectivity index is 1.42. The molecule has 1 atom stereocenters. The van der Waals surface area contributed by atoms with E-state index in [0.717, 1.165) is 62.8 Å². The minimum Gasteiger partial charge on any atom is -0.370 e. The third-order valence-corrected chi connectivity index (χ3v) is 6.22. The summed E-state index contributed by atoms with van der Waals surface area (Å²) in [5.74, 6) is 0.894. The number of rotatable bonds is 5. The molecule has 7 heteroatoms. The quantitative estimate of drug-likeness (QED) is 0.531. The zero-order chi connectivity index (χ0) is 23.0. The van der Waals surface area contributed by atoms with Gasteiger partial charge in [0.05, 0.1) is 19.7 Å². The van der Waals surface area contributed by atoms with E-state index in [0.29, 0.717) is 13.2 Å². The lowest BCUT2D eigenvalue weighted by Crippen LogP contribution is -2.48. The van der Waals surface area contributed by atoms with Crippen molar-refractivity contribution in [3.05, 3.63) is 65.2 Å². The number of ether oxygens (including phenoxy) is 1. The largest absolute Gasteiger partial charge is 0.370 e. The van der Waals surface area contributed by atoms with Gasteiger partial charge in [-0.15, -0.1) is 0 Å². The van der Waals surface area contributed by atoms with Gasteiger partial charge in [0.1, 0.15) is 6.10 Å². The van der Waals surface area contributed by atoms with Crippen molar-refractivity contribution in [2.24, 2.45) is 4.99 Å². The topological polar surface area (TPSA) is 69.2 Å². The molecule has 2 N–H and O–H groups in total. The molecule has 0 bridgehead atoms. The SMILES string of the molecule is CCNC(=NCc1cccc(NC(=O)N2CCCC2)c1)N1CCOC(c2ccccc2C)C1. The third-order valence-electron chi connectivity index (χ3n) is 6.22. The zero-order valence-electron chi connectivity index (χ0n) is 19.7. The number of guanidine groups is 1. The Labute approximate surface area is 196 Å². The molecule has 2 amide bonds. The van der Waals surface area contributed by atoms with Crippen molar-refractivity contribution in [3.8, 4) is 0 Å². The minimum absolute atomic E-state index is 0.0166. The number of hydrogen-bond acceptors (Lipinski definition) is 3. The summed E-state index contributed by atoms with van der Waals surface area (Å²) in [4.78, 5) is 21.5. The van der Waals surface area contributed by atoms with Crippen LogP contribution in [0.4, 0.5) is 10.5 Å². The Morgan fingerprint density at radius 2 is 1.91 bits per heavy atom. The van der Waals surface area contributed by atoms with Crippen LogP contribution in [0, 0.1) is 6.92 Å². The molecule has 4 rings (SSSR count). The van der Waals surface area contributed by atoms with Crippen molar-refractivity contribution in [1.82, 2.24) is 15.1 Å². The Morgan fingerprint density at radius 1 is 1.09 bits per heavy atom. The van der Waals surface area contributed by atoms with Gasteiger partial charge in [-0.2, -0.15) is 0 Å². The van der Waals surface area contributed by atoms with Gasteiger partial charge in [-0.1, -0.05) is 36.4 Å². The summed E-state index contributed by atoms with van der Waals surface area (Å²) in [5, 5.41) is 6.46. The Hall–Kier alpha value is -3.06. The number of morpholine rings is 1. The molecule has 2 fully saturated rings. The lowest BCUT2D eigenvalue weighted by molar-refractivity contribution is -0.00834. The first-order valence-corrected chi connectivity index (χ1v) is 12.0. The van der Waals surface area contributed by atoms with E-state index in [4.69, 9.17) is 9.73 Å². The normalized spacial score (nSPS) is 19.0. The molecular formula is C26H35N5O2. The summed E-state index contributed by atoms with van der Waals surface area (Å²) in [6.45, 7) is 9.48. The van der Waals surface area contributed by atoms with E-state index in [9.17, 15) is 4.79 Å². The van der Waals surface area contributed by atoms with Crippen LogP contribution in [0.2, 0.25) is 0 Å². The smallest absolute Gasteiger partial charge is 0.321 e. The minimum atomic E-state index is -0.0166. The van der Waals surface area contributed by atoms with Crippen LogP contribution in [0.15, 0.2) is 53.5 Å². The second kappa shape index (κ2) is 11.2. The molecule has 2 aliphatic heterocycles. The fraction of sp³-hybridized carbons (Fsp3) is 0.462. The van der Waals surface area contributed by atoms with Crippen LogP contribution in [-0.2, 0) is 11.3 Å². The molecule has 176 valence electrons. The second-order valence-corrected chi connectivity index (χ2v) is 8.66. The highest BCUT2D eigenvalue weighted by atomic mass is 16.5. The van der Waals surface area contributed by atoms with E-state index < -0.39 is 0 Å². The van der Waals surface area contributed by atoms with Crippen LogP contribution in [0.5, 0.6) is 0 Å². The highest BCUT2D eigenvalue weighted by Gasteiger charge is 2.25. The summed E-state index contributed by atoms with van der Waals surface area (Å²) < 4.78 is 6.09. The first kappa shape index (κ1) is 23.1. The van der Waals surface area contributed by atoms with Crippen molar-refractivity contribution < 1.29 is 9.53 Å². The van der Waals surface area contributed by atoms with Crippen molar-refractivity contribution >= 4 is 17.7 Å². The van der Waals surface area contributed by atoms with Crippen molar-refractivity contribution in [1.29, 1.82) is 0 Å². The first-order valence-electron chi connectivity index (χ1n) is 12.0. The number of anilines is 1. The average Bonchev–Trinajstić information content (AvgIpc) is 3.38. The molecule has 2 aromatic carbocycles. The van der Waals surface area contributed by atoms with Gasteiger partial charge in [0.25, 0.3) is 0 Å². The van der Waals surface area contributed by atoms with Crippen molar-refractivity contribution in [2.75, 3.05) is 44.6 Å². The fourth-order valence-electron chi connectivity index (χ4n) is 4.44. The van der Waals surface area contributed by atoms with Gasteiger partial charge in [0, 0.05) is 31.9 Å². The number of amides is 2. The summed E-state index contributed by atoms with van der Waals surface area (Å²) in [6, 6.07) is 16.4. The summed E-state index contributed by atoms with van der Waals surface area (Å²) in [7, 11) is 0. The van der Waals surface area contributed by atoms with E-state index >= 15 is 0 Å². The molecule has 0 radical (unpaired) electrons. The standard InChI is InChI=1S/C26H35N5O2/c1-3-27-25(31-15-16-33-24(19-31)23-12-5-4-9-20(23)2)28-18-21-10-8-11-22(17-21)29-26(32)30-13-6-7-14-30/h4-5,8-12,17,24H,3,6-7,13-16,18-19H2,1-2H3,(H,27,28)(H,29,32). The number of carbonyl (C=O) groups is 1. The maximum absolute atomic E-state index is 12.4. The number of nitrogens with one attached hydrogen (secondary N) is 2. The van der Waals surface area contributed by atoms with Gasteiger partial charge in [-0.05, 0) is 55.5 Å². The van der Waals surface area contributed by atoms with Crippen LogP contribution in [0.25, 0.3) is 0 Å². The highest BCUT2D eigenvalue weighted by molar-refractivity contribution is 5.89. The number of likely N-dealkylation sites (tertiary alicyclic amines) is 1. The molecule has 2 heterocycles. The Kier molecular flexibility index (Phi) is 7.83. The third kappa shape index (κ3) is 6.05. The lowest BCUT2D eigenvalue weighted by Gasteiger charge is -2.35. The van der Waals surface area contributed by atoms with Gasteiger partial charge in [-0.3, -0.25) is 0 Å². The first-order chi connectivity index (χ1) is 16.1. The Bertz CT molecular complexity index is 971. The number of aryl methyl sites for hydroxylation is 1. The van der Waals surface area contributed by atoms with Gasteiger partial charge in [0.2, 0.25) is 0 Å². The van der Waals surface area contributed by atoms with Crippen LogP contribution >= 0.6 is 0 Å². The van der Waals surface area contributed by atoms with Crippen LogP contribution in [0.3, 0.4) is 0 Å². The fourth-order valence-corrected chi connectivity index (χ4v) is 4.44. The van der Waals surface area contributed by atoms with Crippen LogP contribution < -0.4 is 10.6 Å². The number of urea groups is 1. The predicted molar refractivity (Wildman–Crippen MR) is 133 cm³/mol. The van der Waals surface area contributed by atoms with Gasteiger partial charge < -0.3 is 25.2 Å². The lowest BCUT2D eigenvalue weighted by atomic mass is 10.0. The maximum atomic E-state index is 12.4. The van der Waals surface area contributed by atoms with Gasteiger partial charge in [0.15, 0.2) is 5.96 Å². The molecule has 2 aromatic rings. The van der Waals surface area contributed by atoms with Gasteiger partial charge in [-0.25, -0.2) is 9.79 Å². The number of carbonyl (C=O) groups excluding carboxylic acids is 1. The molecule has 2 saturated heterocycles. The summed E-state index contributed by atoms with van der Waals surface area (Å²) in [6.07, 6.45) is 2.21. The molecule has 0 aromatic heterocycles. The summed E-state index contributed by atoms with van der Waals surface area (Å²) in [5.41, 5.74) is 4.36. The summed E-state index contributed by atoms with van der Waals surface area (Å²) >= 11 is 0. The number of nitrogens with zero attached hydrogens (tertiary/aromatic N) is 3. The second-order valence-electron chi connectivity index (χ2n) is 8.66. The van der Waals surface area contributed by atoms with Crippen molar-refractivity contribution in [2.45, 2.75) is 39.3 Å². The molecule has 33 heavy (non-hydrogen) atoms. The van der Waals surface area contributed by atoms with E-state index in [1.54, 1.807) is 0 Å². The number of hydrogen-bond donors (Lipinski definition) is 2. The monoisotopic (exact) mass is 449 g/mol. The predicted octanol–water partition coefficient (Wildman–Crippen LogP) is 4.16. The number of aliphatic imine (C=N–C) groups is 1. The maximum Gasteiger partial charge on any atom is 0.321 e. The number of benzene rings is 2. The van der Waals surface area contributed by atoms with E-state index in [1.807, 2.05) is 29.2 Å². The molecule has 2 aliphatic rings. The highest BCUT2D eigenvalue weighted by Crippen LogP contribution is 2.25. The average molecular weight is 450 g/mol.